The number of hydrogen-bond acceptors (Lipinski definition) is 3. The lowest BCUT2D eigenvalue weighted by Crippen LogP contribution is -2.42. The van der Waals surface area contributed by atoms with Crippen LogP contribution in [0.1, 0.15) is 48.9 Å². The third kappa shape index (κ3) is 6.86. The van der Waals surface area contributed by atoms with Crippen molar-refractivity contribution in [2.24, 2.45) is 5.41 Å². The fourth-order valence-electron chi connectivity index (χ4n) is 2.97. The average molecular weight is 413 g/mol. The Hall–Kier alpha value is -2.40. The van der Waals surface area contributed by atoms with Gasteiger partial charge in [-0.3, -0.25) is 4.79 Å². The number of thiocarbonyl (C=S) groups is 1. The Balaban J connectivity index is 1.83. The van der Waals surface area contributed by atoms with Crippen molar-refractivity contribution in [1.82, 2.24) is 5.32 Å². The van der Waals surface area contributed by atoms with Crippen LogP contribution in [0.4, 0.5) is 5.69 Å². The minimum atomic E-state index is -0.543. The molecule has 0 bridgehead atoms. The maximum Gasteiger partial charge on any atom is 0.231 e. The molecule has 0 unspecified atom stereocenters. The number of nitrogens with one attached hydrogen (secondary N) is 2. The predicted molar refractivity (Wildman–Crippen MR) is 125 cm³/mol. The van der Waals surface area contributed by atoms with Crippen LogP contribution in [0.15, 0.2) is 36.4 Å². The summed E-state index contributed by atoms with van der Waals surface area (Å²) in [7, 11) is 0. The number of rotatable bonds is 7. The minimum absolute atomic E-state index is 0.0907. The van der Waals surface area contributed by atoms with Crippen molar-refractivity contribution in [3.8, 4) is 5.75 Å². The topological polar surface area (TPSA) is 50.4 Å². The second-order valence-corrected chi connectivity index (χ2v) is 8.74. The van der Waals surface area contributed by atoms with Gasteiger partial charge in [-0.2, -0.15) is 0 Å². The van der Waals surface area contributed by atoms with Crippen LogP contribution >= 0.6 is 12.2 Å². The molecule has 29 heavy (non-hydrogen) atoms. The van der Waals surface area contributed by atoms with Gasteiger partial charge < -0.3 is 15.4 Å². The van der Waals surface area contributed by atoms with Gasteiger partial charge in [0.15, 0.2) is 5.11 Å². The molecule has 2 aromatic rings. The number of carbonyl (C=O) groups is 1. The molecule has 5 heteroatoms. The Kier molecular flexibility index (Phi) is 7.80. The van der Waals surface area contributed by atoms with Crippen molar-refractivity contribution >= 4 is 28.9 Å². The number of benzene rings is 2. The highest BCUT2D eigenvalue weighted by Gasteiger charge is 2.28. The first-order valence-electron chi connectivity index (χ1n) is 9.98. The number of anilines is 1. The highest BCUT2D eigenvalue weighted by atomic mass is 32.1. The Morgan fingerprint density at radius 1 is 1.00 bits per heavy atom. The fourth-order valence-corrected chi connectivity index (χ4v) is 3.17. The number of ether oxygens (including phenoxy) is 1. The fraction of sp³-hybridized carbons (Fsp3) is 0.417. The molecule has 0 aromatic heterocycles. The summed E-state index contributed by atoms with van der Waals surface area (Å²) >= 11 is 5.34. The van der Waals surface area contributed by atoms with Gasteiger partial charge in [0, 0.05) is 11.1 Å². The number of hydrogen-bond donors (Lipinski definition) is 2. The monoisotopic (exact) mass is 412 g/mol. The van der Waals surface area contributed by atoms with Gasteiger partial charge in [-0.1, -0.05) is 38.1 Å². The molecular formula is C24H32N2O2S. The number of carbonyl (C=O) groups excluding carboxylic acids is 1. The van der Waals surface area contributed by atoms with E-state index in [0.717, 1.165) is 34.5 Å². The van der Waals surface area contributed by atoms with Crippen molar-refractivity contribution in [1.29, 1.82) is 0 Å². The Morgan fingerprint density at radius 3 is 2.31 bits per heavy atom. The Bertz CT molecular complexity index is 890. The van der Waals surface area contributed by atoms with Gasteiger partial charge >= 0.3 is 0 Å². The molecule has 0 saturated heterocycles. The summed E-state index contributed by atoms with van der Waals surface area (Å²) in [6, 6.07) is 12.3. The van der Waals surface area contributed by atoms with Gasteiger partial charge in [-0.05, 0) is 87.1 Å². The molecule has 0 radical (unpaired) electrons. The molecule has 2 aromatic carbocycles. The smallest absolute Gasteiger partial charge is 0.231 e. The van der Waals surface area contributed by atoms with E-state index in [1.165, 1.54) is 5.56 Å². The van der Waals surface area contributed by atoms with Crippen molar-refractivity contribution in [2.45, 2.75) is 54.4 Å². The summed E-state index contributed by atoms with van der Waals surface area (Å²) in [6.45, 7) is 12.6. The molecule has 0 aliphatic rings. The SMILES string of the molecule is Cc1ccc(C)c(NC(=S)NC(=O)C(C)(C)CCCOc2cc(C)ccc2C)c1. The standard InChI is InChI=1S/C24H32N2O2S/c1-16-8-10-18(3)20(14-16)25-23(29)26-22(27)24(5,6)12-7-13-28-21-15-17(2)9-11-19(21)4/h8-11,14-15H,7,12-13H2,1-6H3,(H2,25,26,27,29). The molecule has 0 saturated carbocycles. The normalized spacial score (nSPS) is 11.1. The van der Waals surface area contributed by atoms with Crippen molar-refractivity contribution in [3.05, 3.63) is 58.7 Å². The van der Waals surface area contributed by atoms with E-state index in [1.54, 1.807) is 0 Å². The summed E-state index contributed by atoms with van der Waals surface area (Å²) in [5, 5.41) is 6.28. The maximum absolute atomic E-state index is 12.7. The summed E-state index contributed by atoms with van der Waals surface area (Å²) in [5.74, 6) is 0.818. The summed E-state index contributed by atoms with van der Waals surface area (Å²) in [5.41, 5.74) is 4.88. The highest BCUT2D eigenvalue weighted by Crippen LogP contribution is 2.24. The molecule has 4 nitrogen and oxygen atoms in total. The summed E-state index contributed by atoms with van der Waals surface area (Å²) in [6.07, 6.45) is 1.49. The van der Waals surface area contributed by atoms with E-state index in [4.69, 9.17) is 17.0 Å². The van der Waals surface area contributed by atoms with Crippen LogP contribution in [0.3, 0.4) is 0 Å². The lowest BCUT2D eigenvalue weighted by molar-refractivity contribution is -0.128. The van der Waals surface area contributed by atoms with Crippen molar-refractivity contribution in [2.75, 3.05) is 11.9 Å². The van der Waals surface area contributed by atoms with Gasteiger partial charge in [0.05, 0.1) is 6.61 Å². The van der Waals surface area contributed by atoms with E-state index in [0.29, 0.717) is 18.1 Å². The predicted octanol–water partition coefficient (Wildman–Crippen LogP) is 5.62. The second kappa shape index (κ2) is 9.88. The van der Waals surface area contributed by atoms with Crippen LogP contribution in [0, 0.1) is 33.1 Å². The quantitative estimate of drug-likeness (QED) is 0.458. The number of amides is 1. The first-order chi connectivity index (χ1) is 13.6. The Labute approximate surface area is 180 Å². The largest absolute Gasteiger partial charge is 0.493 e. The van der Waals surface area contributed by atoms with Crippen molar-refractivity contribution in [3.63, 3.8) is 0 Å². The molecule has 1 amide bonds. The number of aryl methyl sites for hydroxylation is 4. The molecule has 0 atom stereocenters. The first-order valence-corrected chi connectivity index (χ1v) is 10.4. The molecule has 2 rings (SSSR count). The zero-order valence-corrected chi connectivity index (χ0v) is 19.1. The van der Waals surface area contributed by atoms with Gasteiger partial charge in [-0.15, -0.1) is 0 Å². The summed E-state index contributed by atoms with van der Waals surface area (Å²) < 4.78 is 5.91. The van der Waals surface area contributed by atoms with Gasteiger partial charge in [0.2, 0.25) is 5.91 Å². The molecule has 2 N–H and O–H groups in total. The van der Waals surface area contributed by atoms with Gasteiger partial charge in [-0.25, -0.2) is 0 Å². The molecule has 156 valence electrons. The van der Waals surface area contributed by atoms with Crippen LogP contribution in [0.25, 0.3) is 0 Å². The van der Waals surface area contributed by atoms with E-state index < -0.39 is 5.41 Å². The van der Waals surface area contributed by atoms with Gasteiger partial charge in [0.1, 0.15) is 5.75 Å². The van der Waals surface area contributed by atoms with Crippen LogP contribution in [-0.4, -0.2) is 17.6 Å². The minimum Gasteiger partial charge on any atom is -0.493 e. The second-order valence-electron chi connectivity index (χ2n) is 8.33. The molecule has 0 spiro atoms. The van der Waals surface area contributed by atoms with Crippen molar-refractivity contribution < 1.29 is 9.53 Å². The van der Waals surface area contributed by atoms with E-state index >= 15 is 0 Å². The van der Waals surface area contributed by atoms with Crippen LogP contribution in [0.5, 0.6) is 5.75 Å². The zero-order valence-electron chi connectivity index (χ0n) is 18.3. The maximum atomic E-state index is 12.7. The summed E-state index contributed by atoms with van der Waals surface area (Å²) in [4.78, 5) is 12.7. The van der Waals surface area contributed by atoms with Crippen LogP contribution in [0.2, 0.25) is 0 Å². The van der Waals surface area contributed by atoms with E-state index in [9.17, 15) is 4.79 Å². The van der Waals surface area contributed by atoms with E-state index in [-0.39, 0.29) is 5.91 Å². The van der Waals surface area contributed by atoms with E-state index in [1.807, 2.05) is 58.9 Å². The molecule has 0 aliphatic heterocycles. The first kappa shape index (κ1) is 22.9. The molecule has 0 aliphatic carbocycles. The van der Waals surface area contributed by atoms with Crippen LogP contribution in [-0.2, 0) is 4.79 Å². The third-order valence-corrected chi connectivity index (χ3v) is 5.23. The molecule has 0 fully saturated rings. The zero-order chi connectivity index (χ0) is 21.6. The lowest BCUT2D eigenvalue weighted by atomic mass is 9.87. The molecule has 0 heterocycles. The lowest BCUT2D eigenvalue weighted by Gasteiger charge is -2.24. The average Bonchev–Trinajstić information content (AvgIpc) is 2.64. The molecular weight excluding hydrogens is 380 g/mol. The van der Waals surface area contributed by atoms with Gasteiger partial charge in [0.25, 0.3) is 0 Å². The Morgan fingerprint density at radius 2 is 1.62 bits per heavy atom. The highest BCUT2D eigenvalue weighted by molar-refractivity contribution is 7.80. The van der Waals surface area contributed by atoms with Crippen LogP contribution < -0.4 is 15.4 Å². The van der Waals surface area contributed by atoms with E-state index in [2.05, 4.69) is 29.7 Å². The third-order valence-electron chi connectivity index (χ3n) is 5.03.